The molecule has 3 heterocycles. The maximum absolute atomic E-state index is 11.6. The first kappa shape index (κ1) is 15.5. The fourth-order valence-electron chi connectivity index (χ4n) is 3.61. The quantitative estimate of drug-likeness (QED) is 0.863. The lowest BCUT2D eigenvalue weighted by Gasteiger charge is -2.23. The molecule has 1 aromatic carbocycles. The number of pyridine rings is 1. The number of benzene rings is 1. The number of nitrogens with zero attached hydrogens (tertiary/aromatic N) is 2. The molecule has 0 spiro atoms. The molecular weight excluding hydrogens is 324 g/mol. The third-order valence-corrected chi connectivity index (χ3v) is 4.89. The van der Waals surface area contributed by atoms with Crippen molar-refractivity contribution in [2.75, 3.05) is 25.1 Å². The number of methoxy groups -OCH3 is 1. The van der Waals surface area contributed by atoms with E-state index < -0.39 is 11.5 Å². The fraction of sp³-hybridized carbons (Fsp3) is 0.353. The van der Waals surface area contributed by atoms with Crippen LogP contribution in [0.15, 0.2) is 24.4 Å². The van der Waals surface area contributed by atoms with Gasteiger partial charge < -0.3 is 25.4 Å². The van der Waals surface area contributed by atoms with Gasteiger partial charge in [0, 0.05) is 18.1 Å². The van der Waals surface area contributed by atoms with Crippen molar-refractivity contribution in [2.24, 2.45) is 5.73 Å². The van der Waals surface area contributed by atoms with Crippen LogP contribution in [0.5, 0.6) is 5.75 Å². The predicted octanol–water partition coefficient (Wildman–Crippen LogP) is 1.03. The van der Waals surface area contributed by atoms with Gasteiger partial charge in [-0.05, 0) is 30.5 Å². The van der Waals surface area contributed by atoms with Gasteiger partial charge >= 0.3 is 6.09 Å². The van der Waals surface area contributed by atoms with E-state index in [4.69, 9.17) is 15.2 Å². The zero-order valence-electron chi connectivity index (χ0n) is 13.9. The number of alkyl carbamates (subject to hydrolysis) is 1. The molecule has 0 bridgehead atoms. The summed E-state index contributed by atoms with van der Waals surface area (Å²) in [5.74, 6) is 0.612. The zero-order valence-corrected chi connectivity index (χ0v) is 13.9. The van der Waals surface area contributed by atoms with Gasteiger partial charge in [-0.25, -0.2) is 9.78 Å². The molecule has 1 aromatic heterocycles. The minimum Gasteiger partial charge on any atom is -0.496 e. The Morgan fingerprint density at radius 3 is 3.00 bits per heavy atom. The second kappa shape index (κ2) is 5.23. The van der Waals surface area contributed by atoms with Crippen molar-refractivity contribution >= 4 is 28.6 Å². The Morgan fingerprint density at radius 1 is 1.52 bits per heavy atom. The number of primary amides is 1. The maximum atomic E-state index is 11.6. The Hall–Kier alpha value is -3.03. The van der Waals surface area contributed by atoms with Crippen molar-refractivity contribution < 1.29 is 19.1 Å². The highest BCUT2D eigenvalue weighted by atomic mass is 16.6. The molecule has 2 unspecified atom stereocenters. The van der Waals surface area contributed by atoms with Gasteiger partial charge in [-0.2, -0.15) is 0 Å². The molecule has 8 heteroatoms. The van der Waals surface area contributed by atoms with E-state index in [1.54, 1.807) is 18.3 Å². The normalized spacial score (nSPS) is 24.8. The third-order valence-electron chi connectivity index (χ3n) is 4.89. The molecule has 25 heavy (non-hydrogen) atoms. The van der Waals surface area contributed by atoms with Crippen molar-refractivity contribution in [2.45, 2.75) is 18.6 Å². The summed E-state index contributed by atoms with van der Waals surface area (Å²) >= 11 is 0. The van der Waals surface area contributed by atoms with Gasteiger partial charge in [0.15, 0.2) is 5.60 Å². The van der Waals surface area contributed by atoms with Crippen LogP contribution >= 0.6 is 0 Å². The molecule has 8 nitrogen and oxygen atoms in total. The molecule has 2 atom stereocenters. The lowest BCUT2D eigenvalue weighted by molar-refractivity contribution is 0.0761. The molecule has 0 radical (unpaired) electrons. The van der Waals surface area contributed by atoms with E-state index in [0.717, 1.165) is 16.6 Å². The Labute approximate surface area is 143 Å². The van der Waals surface area contributed by atoms with E-state index in [1.807, 2.05) is 13.0 Å². The van der Waals surface area contributed by atoms with Crippen LogP contribution in [0, 0.1) is 0 Å². The van der Waals surface area contributed by atoms with Crippen LogP contribution in [0.4, 0.5) is 10.6 Å². The molecule has 2 amide bonds. The number of aromatic nitrogens is 1. The maximum Gasteiger partial charge on any atom is 0.408 e. The number of rotatable bonds is 3. The summed E-state index contributed by atoms with van der Waals surface area (Å²) in [4.78, 5) is 29.7. The summed E-state index contributed by atoms with van der Waals surface area (Å²) in [6.45, 7) is 3.03. The first-order valence-electron chi connectivity index (χ1n) is 7.92. The average Bonchev–Trinajstić information content (AvgIpc) is 3.02. The second-order valence-electron chi connectivity index (χ2n) is 6.55. The topological polar surface area (TPSA) is 107 Å². The van der Waals surface area contributed by atoms with Gasteiger partial charge in [0.05, 0.1) is 25.3 Å². The van der Waals surface area contributed by atoms with Gasteiger partial charge in [0.2, 0.25) is 0 Å². The number of carbonyl (C=O) groups is 2. The summed E-state index contributed by atoms with van der Waals surface area (Å²) in [6.07, 6.45) is 1.30. The first-order valence-corrected chi connectivity index (χ1v) is 7.92. The molecule has 2 aliphatic heterocycles. The van der Waals surface area contributed by atoms with E-state index in [9.17, 15) is 9.59 Å². The SMILES string of the molecule is COc1cc2c(N3CC4NC(=O)OC4(C)C3)nccc2cc1C(N)=O. The van der Waals surface area contributed by atoms with E-state index >= 15 is 0 Å². The molecule has 2 aliphatic rings. The minimum absolute atomic E-state index is 0.0937. The van der Waals surface area contributed by atoms with Crippen molar-refractivity contribution in [3.05, 3.63) is 30.0 Å². The number of nitrogens with one attached hydrogen (secondary N) is 1. The number of hydrogen-bond donors (Lipinski definition) is 2. The van der Waals surface area contributed by atoms with Crippen LogP contribution < -0.4 is 20.7 Å². The van der Waals surface area contributed by atoms with Crippen molar-refractivity contribution in [1.29, 1.82) is 0 Å². The Bertz CT molecular complexity index is 900. The second-order valence-corrected chi connectivity index (χ2v) is 6.55. The van der Waals surface area contributed by atoms with Crippen LogP contribution in [0.25, 0.3) is 10.8 Å². The van der Waals surface area contributed by atoms with Crippen LogP contribution in [-0.4, -0.2) is 48.8 Å². The number of hydrogen-bond acceptors (Lipinski definition) is 6. The Morgan fingerprint density at radius 2 is 2.32 bits per heavy atom. The highest BCUT2D eigenvalue weighted by molar-refractivity contribution is 6.03. The standard InChI is InChI=1S/C17H18N4O4/c1-17-8-21(7-13(17)20-16(23)25-17)15-10-6-12(24-2)11(14(18)22)5-9(10)3-4-19-15/h3-6,13H,7-8H2,1-2H3,(H2,18,22)(H,20,23). The number of ether oxygens (including phenoxy) is 2. The Balaban J connectivity index is 1.79. The van der Waals surface area contributed by atoms with E-state index in [-0.39, 0.29) is 12.1 Å². The fourth-order valence-corrected chi connectivity index (χ4v) is 3.61. The minimum atomic E-state index is -0.585. The number of fused-ring (bicyclic) bond motifs is 2. The molecular formula is C17H18N4O4. The average molecular weight is 342 g/mol. The number of amides is 2. The largest absolute Gasteiger partial charge is 0.496 e. The predicted molar refractivity (Wildman–Crippen MR) is 90.8 cm³/mol. The summed E-state index contributed by atoms with van der Waals surface area (Å²) in [5, 5.41) is 4.52. The Kier molecular flexibility index (Phi) is 3.24. The molecule has 2 fully saturated rings. The molecule has 4 rings (SSSR count). The highest BCUT2D eigenvalue weighted by Gasteiger charge is 2.52. The smallest absolute Gasteiger partial charge is 0.408 e. The van der Waals surface area contributed by atoms with Crippen molar-refractivity contribution in [1.82, 2.24) is 10.3 Å². The third kappa shape index (κ3) is 2.33. The van der Waals surface area contributed by atoms with E-state index in [0.29, 0.717) is 24.4 Å². The van der Waals surface area contributed by atoms with Gasteiger partial charge in [0.25, 0.3) is 5.91 Å². The number of nitrogens with two attached hydrogens (primary N) is 1. The highest BCUT2D eigenvalue weighted by Crippen LogP contribution is 2.37. The van der Waals surface area contributed by atoms with Crippen LogP contribution in [0.2, 0.25) is 0 Å². The van der Waals surface area contributed by atoms with Gasteiger partial charge in [-0.1, -0.05) is 0 Å². The number of anilines is 1. The van der Waals surface area contributed by atoms with Crippen molar-refractivity contribution in [3.63, 3.8) is 0 Å². The number of carbonyl (C=O) groups excluding carboxylic acids is 2. The summed E-state index contributed by atoms with van der Waals surface area (Å²) in [5.41, 5.74) is 5.17. The molecule has 3 N–H and O–H groups in total. The molecule has 2 aromatic rings. The molecule has 0 aliphatic carbocycles. The molecule has 2 saturated heterocycles. The van der Waals surface area contributed by atoms with E-state index in [2.05, 4.69) is 15.2 Å². The monoisotopic (exact) mass is 342 g/mol. The zero-order chi connectivity index (χ0) is 17.8. The van der Waals surface area contributed by atoms with Crippen LogP contribution in [-0.2, 0) is 4.74 Å². The van der Waals surface area contributed by atoms with Crippen molar-refractivity contribution in [3.8, 4) is 5.75 Å². The van der Waals surface area contributed by atoms with E-state index in [1.165, 1.54) is 7.11 Å². The molecule has 130 valence electrons. The lowest BCUT2D eigenvalue weighted by atomic mass is 10.0. The van der Waals surface area contributed by atoms with Gasteiger partial charge in [-0.3, -0.25) is 4.79 Å². The summed E-state index contributed by atoms with van der Waals surface area (Å²) in [7, 11) is 1.49. The van der Waals surface area contributed by atoms with Gasteiger partial charge in [-0.15, -0.1) is 0 Å². The first-order chi connectivity index (χ1) is 11.9. The van der Waals surface area contributed by atoms with Crippen LogP contribution in [0.3, 0.4) is 0 Å². The van der Waals surface area contributed by atoms with Crippen LogP contribution in [0.1, 0.15) is 17.3 Å². The lowest BCUT2D eigenvalue weighted by Crippen LogP contribution is -2.39. The van der Waals surface area contributed by atoms with Gasteiger partial charge in [0.1, 0.15) is 11.6 Å². The summed E-state index contributed by atoms with van der Waals surface area (Å²) in [6, 6.07) is 5.21. The molecule has 0 saturated carbocycles. The summed E-state index contributed by atoms with van der Waals surface area (Å²) < 4.78 is 10.7.